The van der Waals surface area contributed by atoms with Crippen LogP contribution >= 0.6 is 0 Å². The van der Waals surface area contributed by atoms with E-state index in [2.05, 4.69) is 17.6 Å². The van der Waals surface area contributed by atoms with Crippen molar-refractivity contribution < 1.29 is 9.21 Å². The van der Waals surface area contributed by atoms with Crippen molar-refractivity contribution in [1.29, 1.82) is 0 Å². The third-order valence-corrected chi connectivity index (χ3v) is 3.05. The van der Waals surface area contributed by atoms with Gasteiger partial charge in [0.15, 0.2) is 0 Å². The van der Waals surface area contributed by atoms with E-state index in [1.54, 1.807) is 6.26 Å². The van der Waals surface area contributed by atoms with Gasteiger partial charge in [-0.15, -0.1) is 0 Å². The number of hydrogen-bond acceptors (Lipinski definition) is 3. The number of nitrogens with one attached hydrogen (secondary N) is 2. The van der Waals surface area contributed by atoms with Gasteiger partial charge in [0.25, 0.3) is 0 Å². The van der Waals surface area contributed by atoms with Gasteiger partial charge in [-0.25, -0.2) is 0 Å². The van der Waals surface area contributed by atoms with E-state index in [0.29, 0.717) is 0 Å². The molecule has 1 aromatic heterocycles. The highest BCUT2D eigenvalue weighted by Crippen LogP contribution is 2.21. The van der Waals surface area contributed by atoms with E-state index in [1.807, 2.05) is 37.3 Å². The number of rotatable bonds is 5. The summed E-state index contributed by atoms with van der Waals surface area (Å²) in [4.78, 5) is 11.1. The van der Waals surface area contributed by atoms with Crippen LogP contribution in [-0.4, -0.2) is 11.9 Å². The lowest BCUT2D eigenvalue weighted by molar-refractivity contribution is -0.114. The SMILES string of the molecule is CC(=O)Nc1ccc(C)c(NC(C)Cc2ccco2)c1. The highest BCUT2D eigenvalue weighted by Gasteiger charge is 2.08. The predicted molar refractivity (Wildman–Crippen MR) is 81.0 cm³/mol. The van der Waals surface area contributed by atoms with Crippen LogP contribution in [0.3, 0.4) is 0 Å². The van der Waals surface area contributed by atoms with Gasteiger partial charge in [0.05, 0.1) is 6.26 Å². The maximum absolute atomic E-state index is 11.1. The fourth-order valence-electron chi connectivity index (χ4n) is 2.11. The molecule has 106 valence electrons. The highest BCUT2D eigenvalue weighted by atomic mass is 16.3. The molecule has 1 heterocycles. The molecule has 1 aromatic carbocycles. The maximum atomic E-state index is 11.1. The number of amides is 1. The van der Waals surface area contributed by atoms with E-state index < -0.39 is 0 Å². The summed E-state index contributed by atoms with van der Waals surface area (Å²) in [7, 11) is 0. The van der Waals surface area contributed by atoms with Crippen molar-refractivity contribution in [3.05, 3.63) is 47.9 Å². The van der Waals surface area contributed by atoms with Crippen LogP contribution in [0.5, 0.6) is 0 Å². The highest BCUT2D eigenvalue weighted by molar-refractivity contribution is 5.89. The van der Waals surface area contributed by atoms with Crippen LogP contribution in [0.2, 0.25) is 0 Å². The molecule has 2 aromatic rings. The quantitative estimate of drug-likeness (QED) is 0.874. The Hall–Kier alpha value is -2.23. The third kappa shape index (κ3) is 3.88. The Morgan fingerprint density at radius 1 is 1.35 bits per heavy atom. The number of benzene rings is 1. The second-order valence-corrected chi connectivity index (χ2v) is 5.04. The van der Waals surface area contributed by atoms with Gasteiger partial charge in [-0.1, -0.05) is 6.07 Å². The smallest absolute Gasteiger partial charge is 0.221 e. The number of anilines is 2. The summed E-state index contributed by atoms with van der Waals surface area (Å²) in [6.45, 7) is 5.65. The van der Waals surface area contributed by atoms with Crippen molar-refractivity contribution in [2.45, 2.75) is 33.2 Å². The molecule has 0 aliphatic heterocycles. The summed E-state index contributed by atoms with van der Waals surface area (Å²) in [6, 6.07) is 9.96. The fourth-order valence-corrected chi connectivity index (χ4v) is 2.11. The van der Waals surface area contributed by atoms with Gasteiger partial charge in [0.1, 0.15) is 5.76 Å². The van der Waals surface area contributed by atoms with Crippen molar-refractivity contribution in [3.8, 4) is 0 Å². The second kappa shape index (κ2) is 6.28. The lowest BCUT2D eigenvalue weighted by Gasteiger charge is -2.17. The summed E-state index contributed by atoms with van der Waals surface area (Å²) in [6.07, 6.45) is 2.50. The number of aryl methyl sites for hydroxylation is 1. The minimum absolute atomic E-state index is 0.0663. The summed E-state index contributed by atoms with van der Waals surface area (Å²) < 4.78 is 5.35. The van der Waals surface area contributed by atoms with Gasteiger partial charge in [0.2, 0.25) is 5.91 Å². The van der Waals surface area contributed by atoms with E-state index in [4.69, 9.17) is 4.42 Å². The van der Waals surface area contributed by atoms with Crippen LogP contribution in [0.15, 0.2) is 41.0 Å². The van der Waals surface area contributed by atoms with Crippen LogP contribution in [0.4, 0.5) is 11.4 Å². The van der Waals surface area contributed by atoms with Crippen LogP contribution in [-0.2, 0) is 11.2 Å². The van der Waals surface area contributed by atoms with E-state index >= 15 is 0 Å². The standard InChI is InChI=1S/C16H20N2O2/c1-11-6-7-14(18-13(3)19)10-16(11)17-12(2)9-15-5-4-8-20-15/h4-8,10,12,17H,9H2,1-3H3,(H,18,19). The van der Waals surface area contributed by atoms with Crippen LogP contribution in [0, 0.1) is 6.92 Å². The molecule has 2 N–H and O–H groups in total. The zero-order chi connectivity index (χ0) is 14.5. The molecule has 0 aliphatic carbocycles. The number of carbonyl (C=O) groups excluding carboxylic acids is 1. The molecular weight excluding hydrogens is 252 g/mol. The molecule has 1 atom stereocenters. The zero-order valence-electron chi connectivity index (χ0n) is 12.1. The summed E-state index contributed by atoms with van der Waals surface area (Å²) >= 11 is 0. The van der Waals surface area contributed by atoms with Gasteiger partial charge < -0.3 is 15.1 Å². The molecule has 20 heavy (non-hydrogen) atoms. The van der Waals surface area contributed by atoms with E-state index in [-0.39, 0.29) is 11.9 Å². The number of hydrogen-bond donors (Lipinski definition) is 2. The Morgan fingerprint density at radius 3 is 2.80 bits per heavy atom. The molecule has 0 bridgehead atoms. The summed E-state index contributed by atoms with van der Waals surface area (Å²) in [5, 5.41) is 6.24. The second-order valence-electron chi connectivity index (χ2n) is 5.04. The normalized spacial score (nSPS) is 11.9. The summed E-state index contributed by atoms with van der Waals surface area (Å²) in [5.41, 5.74) is 2.97. The first-order chi connectivity index (χ1) is 9.54. The molecule has 1 unspecified atom stereocenters. The Labute approximate surface area is 119 Å². The molecule has 0 spiro atoms. The van der Waals surface area contributed by atoms with Crippen molar-refractivity contribution in [3.63, 3.8) is 0 Å². The average Bonchev–Trinajstić information content (AvgIpc) is 2.85. The molecule has 0 aliphatic rings. The van der Waals surface area contributed by atoms with Gasteiger partial charge in [-0.05, 0) is 43.7 Å². The minimum atomic E-state index is -0.0663. The third-order valence-electron chi connectivity index (χ3n) is 3.05. The first kappa shape index (κ1) is 14.2. The summed E-state index contributed by atoms with van der Waals surface area (Å²) in [5.74, 6) is 0.893. The monoisotopic (exact) mass is 272 g/mol. The Morgan fingerprint density at radius 2 is 2.15 bits per heavy atom. The molecule has 4 nitrogen and oxygen atoms in total. The minimum Gasteiger partial charge on any atom is -0.469 e. The Bertz CT molecular complexity index is 576. The van der Waals surface area contributed by atoms with Crippen LogP contribution < -0.4 is 10.6 Å². The largest absolute Gasteiger partial charge is 0.469 e. The van der Waals surface area contributed by atoms with Crippen molar-refractivity contribution in [1.82, 2.24) is 0 Å². The molecule has 2 rings (SSSR count). The number of furan rings is 1. The average molecular weight is 272 g/mol. The van der Waals surface area contributed by atoms with E-state index in [9.17, 15) is 4.79 Å². The van der Waals surface area contributed by atoms with Gasteiger partial charge in [-0.3, -0.25) is 4.79 Å². The van der Waals surface area contributed by atoms with Crippen LogP contribution in [0.25, 0.3) is 0 Å². The first-order valence-electron chi connectivity index (χ1n) is 6.72. The topological polar surface area (TPSA) is 54.3 Å². The Balaban J connectivity index is 2.05. The van der Waals surface area contributed by atoms with Gasteiger partial charge >= 0.3 is 0 Å². The lowest BCUT2D eigenvalue weighted by Crippen LogP contribution is -2.18. The van der Waals surface area contributed by atoms with E-state index in [1.165, 1.54) is 6.92 Å². The van der Waals surface area contributed by atoms with Gasteiger partial charge in [-0.2, -0.15) is 0 Å². The molecule has 0 radical (unpaired) electrons. The fraction of sp³-hybridized carbons (Fsp3) is 0.312. The van der Waals surface area contributed by atoms with Crippen molar-refractivity contribution >= 4 is 17.3 Å². The Kier molecular flexibility index (Phi) is 4.45. The van der Waals surface area contributed by atoms with E-state index in [0.717, 1.165) is 29.1 Å². The van der Waals surface area contributed by atoms with Crippen molar-refractivity contribution in [2.75, 3.05) is 10.6 Å². The lowest BCUT2D eigenvalue weighted by atomic mass is 10.1. The molecule has 0 saturated heterocycles. The van der Waals surface area contributed by atoms with Crippen molar-refractivity contribution in [2.24, 2.45) is 0 Å². The molecular formula is C16H20N2O2. The molecule has 0 fully saturated rings. The predicted octanol–water partition coefficient (Wildman–Crippen LogP) is 3.59. The zero-order valence-corrected chi connectivity index (χ0v) is 12.1. The number of carbonyl (C=O) groups is 1. The maximum Gasteiger partial charge on any atom is 0.221 e. The van der Waals surface area contributed by atoms with Crippen LogP contribution in [0.1, 0.15) is 25.2 Å². The molecule has 1 amide bonds. The van der Waals surface area contributed by atoms with Gasteiger partial charge in [0, 0.05) is 30.8 Å². The first-order valence-corrected chi connectivity index (χ1v) is 6.72. The molecule has 4 heteroatoms. The molecule has 0 saturated carbocycles.